The number of rotatable bonds is 6. The van der Waals surface area contributed by atoms with Gasteiger partial charge in [0.25, 0.3) is 5.92 Å². The summed E-state index contributed by atoms with van der Waals surface area (Å²) >= 11 is 0. The van der Waals surface area contributed by atoms with Crippen molar-refractivity contribution >= 4 is 28.5 Å². The number of H-pyrrole nitrogens is 1. The molecule has 3 N–H and O–H groups in total. The van der Waals surface area contributed by atoms with Crippen LogP contribution in [0.15, 0.2) is 24.7 Å². The molecular weight excluding hydrogens is 397 g/mol. The molecule has 0 amide bonds. The third-order valence-electron chi connectivity index (χ3n) is 5.70. The van der Waals surface area contributed by atoms with Gasteiger partial charge in [0, 0.05) is 31.1 Å². The molecule has 0 unspecified atom stereocenters. The molecular formula is C20H19F3N6O. The third kappa shape index (κ3) is 3.35. The number of ketones is 1. The lowest BCUT2D eigenvalue weighted by atomic mass is 9.88. The van der Waals surface area contributed by atoms with Crippen molar-refractivity contribution in [3.63, 3.8) is 0 Å². The van der Waals surface area contributed by atoms with Gasteiger partial charge in [-0.1, -0.05) is 0 Å². The largest absolute Gasteiger partial charge is 0.367 e. The third-order valence-corrected chi connectivity index (χ3v) is 5.70. The fraction of sp³-hybridized carbons (Fsp3) is 0.400. The number of alkyl halides is 2. The van der Waals surface area contributed by atoms with Gasteiger partial charge in [-0.15, -0.1) is 0 Å². The van der Waals surface area contributed by atoms with Gasteiger partial charge in [-0.3, -0.25) is 4.79 Å². The number of nitrogens with zero attached hydrogens (tertiary/aromatic N) is 3. The first-order valence-electron chi connectivity index (χ1n) is 9.84. The van der Waals surface area contributed by atoms with E-state index in [4.69, 9.17) is 0 Å². The Labute approximate surface area is 169 Å². The highest BCUT2D eigenvalue weighted by Gasteiger charge is 2.45. The van der Waals surface area contributed by atoms with Crippen LogP contribution in [0, 0.1) is 5.95 Å². The molecule has 5 rings (SSSR count). The molecule has 0 atom stereocenters. The highest BCUT2D eigenvalue weighted by atomic mass is 19.3. The van der Waals surface area contributed by atoms with Crippen LogP contribution in [-0.2, 0) is 0 Å². The van der Waals surface area contributed by atoms with Crippen LogP contribution in [0.3, 0.4) is 0 Å². The Morgan fingerprint density at radius 3 is 2.57 bits per heavy atom. The van der Waals surface area contributed by atoms with E-state index in [1.807, 2.05) is 0 Å². The molecule has 3 aromatic rings. The van der Waals surface area contributed by atoms with Crippen molar-refractivity contribution in [1.29, 1.82) is 0 Å². The molecule has 0 spiro atoms. The lowest BCUT2D eigenvalue weighted by molar-refractivity contribution is -0.0794. The number of hydrogen-bond acceptors (Lipinski definition) is 6. The summed E-state index contributed by atoms with van der Waals surface area (Å²) < 4.78 is 40.5. The van der Waals surface area contributed by atoms with Crippen molar-refractivity contribution in [2.45, 2.75) is 50.1 Å². The van der Waals surface area contributed by atoms with E-state index in [2.05, 4.69) is 30.6 Å². The first-order valence-corrected chi connectivity index (χ1v) is 9.84. The van der Waals surface area contributed by atoms with Gasteiger partial charge < -0.3 is 15.6 Å². The van der Waals surface area contributed by atoms with Crippen molar-refractivity contribution in [1.82, 2.24) is 19.9 Å². The Kier molecular flexibility index (Phi) is 4.37. The summed E-state index contributed by atoms with van der Waals surface area (Å²) in [7, 11) is 0. The van der Waals surface area contributed by atoms with Crippen LogP contribution >= 0.6 is 0 Å². The Bertz CT molecular complexity index is 1120. The smallest absolute Gasteiger partial charge is 0.252 e. The minimum absolute atomic E-state index is 0.124. The molecule has 10 heteroatoms. The maximum Gasteiger partial charge on any atom is 0.252 e. The monoisotopic (exact) mass is 416 g/mol. The lowest BCUT2D eigenvalue weighted by Gasteiger charge is -2.35. The van der Waals surface area contributed by atoms with Crippen molar-refractivity contribution in [3.05, 3.63) is 41.7 Å². The van der Waals surface area contributed by atoms with Gasteiger partial charge in [0.05, 0.1) is 16.5 Å². The van der Waals surface area contributed by atoms with Crippen LogP contribution in [0.25, 0.3) is 11.0 Å². The quantitative estimate of drug-likeness (QED) is 0.417. The maximum absolute atomic E-state index is 14.6. The van der Waals surface area contributed by atoms with Crippen molar-refractivity contribution in [2.24, 2.45) is 0 Å². The zero-order chi connectivity index (χ0) is 20.9. The van der Waals surface area contributed by atoms with Crippen molar-refractivity contribution < 1.29 is 18.0 Å². The topological polar surface area (TPSA) is 95.6 Å². The number of hydrogen-bond donors (Lipinski definition) is 3. The number of aromatic nitrogens is 4. The van der Waals surface area contributed by atoms with E-state index < -0.39 is 23.7 Å². The molecule has 2 aliphatic carbocycles. The SMILES string of the molecule is O=C(c1ccc(NC2CC(F)(F)C2)nc1F)c1c[nH]c2ncnc(NC3CCC3)c12. The predicted octanol–water partition coefficient (Wildman–Crippen LogP) is 3.90. The summed E-state index contributed by atoms with van der Waals surface area (Å²) in [6, 6.07) is 2.57. The highest BCUT2D eigenvalue weighted by molar-refractivity contribution is 6.18. The molecule has 0 radical (unpaired) electrons. The standard InChI is InChI=1S/C20H19F3N6O/c21-17-12(4-5-14(29-17)27-11-6-20(22,23)7-11)16(30)13-8-24-18-15(13)19(26-9-25-18)28-10-2-1-3-10/h4-5,8-11H,1-3,6-7H2,(H,27,29)(H2,24,25,26,28). The molecule has 0 aromatic carbocycles. The molecule has 30 heavy (non-hydrogen) atoms. The summed E-state index contributed by atoms with van der Waals surface area (Å²) in [6.45, 7) is 0. The Morgan fingerprint density at radius 2 is 1.90 bits per heavy atom. The first kappa shape index (κ1) is 18.8. The number of halogens is 3. The summed E-state index contributed by atoms with van der Waals surface area (Å²) in [5, 5.41) is 6.59. The molecule has 2 saturated carbocycles. The Hall–Kier alpha value is -3.17. The average Bonchev–Trinajstić information content (AvgIpc) is 3.08. The molecule has 3 heterocycles. The van der Waals surface area contributed by atoms with Crippen LogP contribution < -0.4 is 10.6 Å². The van der Waals surface area contributed by atoms with Gasteiger partial charge >= 0.3 is 0 Å². The number of fused-ring (bicyclic) bond motifs is 1. The molecule has 2 fully saturated rings. The maximum atomic E-state index is 14.6. The van der Waals surface area contributed by atoms with Crippen LogP contribution in [0.2, 0.25) is 0 Å². The minimum atomic E-state index is -2.69. The van der Waals surface area contributed by atoms with Gasteiger partial charge in [0.2, 0.25) is 5.95 Å². The Balaban J connectivity index is 1.41. The van der Waals surface area contributed by atoms with E-state index in [1.54, 1.807) is 0 Å². The number of aromatic amines is 1. The Morgan fingerprint density at radius 1 is 1.10 bits per heavy atom. The molecule has 156 valence electrons. The number of pyridine rings is 1. The summed E-state index contributed by atoms with van der Waals surface area (Å²) in [5.41, 5.74) is 0.513. The number of anilines is 2. The summed E-state index contributed by atoms with van der Waals surface area (Å²) in [4.78, 5) is 28.1. The van der Waals surface area contributed by atoms with E-state index in [9.17, 15) is 18.0 Å². The number of nitrogens with one attached hydrogen (secondary N) is 3. The second kappa shape index (κ2) is 6.96. The normalized spacial score (nSPS) is 18.6. The van der Waals surface area contributed by atoms with Crippen molar-refractivity contribution in [3.8, 4) is 0 Å². The van der Waals surface area contributed by atoms with Gasteiger partial charge in [-0.25, -0.2) is 23.7 Å². The van der Waals surface area contributed by atoms with Gasteiger partial charge in [-0.05, 0) is 31.4 Å². The van der Waals surface area contributed by atoms with Crippen LogP contribution in [0.4, 0.5) is 24.8 Å². The fourth-order valence-electron chi connectivity index (χ4n) is 3.80. The zero-order valence-corrected chi connectivity index (χ0v) is 15.9. The number of carbonyl (C=O) groups excluding carboxylic acids is 1. The lowest BCUT2D eigenvalue weighted by Crippen LogP contribution is -2.44. The molecule has 0 aliphatic heterocycles. The molecule has 0 saturated heterocycles. The molecule has 2 aliphatic rings. The molecule has 7 nitrogen and oxygen atoms in total. The van der Waals surface area contributed by atoms with E-state index in [-0.39, 0.29) is 29.8 Å². The van der Waals surface area contributed by atoms with Crippen LogP contribution in [0.1, 0.15) is 48.0 Å². The van der Waals surface area contributed by atoms with E-state index in [1.165, 1.54) is 24.7 Å². The van der Waals surface area contributed by atoms with Crippen LogP contribution in [0.5, 0.6) is 0 Å². The van der Waals surface area contributed by atoms with Gasteiger partial charge in [-0.2, -0.15) is 4.39 Å². The highest BCUT2D eigenvalue weighted by Crippen LogP contribution is 2.39. The summed E-state index contributed by atoms with van der Waals surface area (Å²) in [5.74, 6) is -3.55. The first-order chi connectivity index (χ1) is 14.4. The second-order valence-electron chi connectivity index (χ2n) is 7.89. The molecule has 3 aromatic heterocycles. The van der Waals surface area contributed by atoms with Crippen molar-refractivity contribution in [2.75, 3.05) is 10.6 Å². The fourth-order valence-corrected chi connectivity index (χ4v) is 3.80. The van der Waals surface area contributed by atoms with E-state index >= 15 is 0 Å². The van der Waals surface area contributed by atoms with Gasteiger partial charge in [0.1, 0.15) is 23.6 Å². The van der Waals surface area contributed by atoms with E-state index in [0.29, 0.717) is 22.9 Å². The minimum Gasteiger partial charge on any atom is -0.367 e. The zero-order valence-electron chi connectivity index (χ0n) is 15.9. The summed E-state index contributed by atoms with van der Waals surface area (Å²) in [6.07, 6.45) is 5.45. The van der Waals surface area contributed by atoms with Gasteiger partial charge in [0.15, 0.2) is 5.78 Å². The predicted molar refractivity (Wildman–Crippen MR) is 104 cm³/mol. The average molecular weight is 416 g/mol. The number of carbonyl (C=O) groups is 1. The van der Waals surface area contributed by atoms with E-state index in [0.717, 1.165) is 19.3 Å². The second-order valence-corrected chi connectivity index (χ2v) is 7.89. The van der Waals surface area contributed by atoms with Crippen LogP contribution in [-0.4, -0.2) is 43.7 Å². The molecule has 0 bridgehead atoms.